The molecular weight excluding hydrogens is 420 g/mol. The van der Waals surface area contributed by atoms with Crippen molar-refractivity contribution in [3.05, 3.63) is 63.8 Å². The largest absolute Gasteiger partial charge is 0.451 e. The number of amides is 1. The van der Waals surface area contributed by atoms with Crippen LogP contribution in [0.5, 0.6) is 0 Å². The van der Waals surface area contributed by atoms with E-state index < -0.39 is 10.0 Å². The van der Waals surface area contributed by atoms with Crippen LogP contribution in [0.2, 0.25) is 0 Å². The van der Waals surface area contributed by atoms with Crippen molar-refractivity contribution in [3.63, 3.8) is 0 Å². The molecule has 0 bridgehead atoms. The number of aryl methyl sites for hydroxylation is 1. The van der Waals surface area contributed by atoms with Gasteiger partial charge < -0.3 is 9.73 Å². The first kappa shape index (κ1) is 18.6. The fraction of sp³-hybridized carbons (Fsp3) is 0.167. The van der Waals surface area contributed by atoms with Crippen molar-refractivity contribution >= 4 is 42.8 Å². The fourth-order valence-electron chi connectivity index (χ4n) is 2.66. The Morgan fingerprint density at radius 2 is 1.88 bits per heavy atom. The van der Waals surface area contributed by atoms with Crippen LogP contribution in [0.15, 0.2) is 56.2 Å². The number of rotatable bonds is 5. The normalized spacial score (nSPS) is 11.7. The maximum absolute atomic E-state index is 12.4. The summed E-state index contributed by atoms with van der Waals surface area (Å²) in [5, 5.41) is 8.79. The lowest BCUT2D eigenvalue weighted by molar-refractivity contribution is 0.0927. The third kappa shape index (κ3) is 3.98. The zero-order valence-corrected chi connectivity index (χ0v) is 16.4. The van der Waals surface area contributed by atoms with Crippen LogP contribution in [0.4, 0.5) is 0 Å². The van der Waals surface area contributed by atoms with E-state index in [-0.39, 0.29) is 10.8 Å². The van der Waals surface area contributed by atoms with Gasteiger partial charge in [0.1, 0.15) is 5.58 Å². The minimum absolute atomic E-state index is 0.0642. The molecule has 8 heteroatoms. The molecule has 1 aromatic heterocycles. The number of nitrogens with one attached hydrogen (secondary N) is 1. The summed E-state index contributed by atoms with van der Waals surface area (Å²) in [4.78, 5) is 12.4. The van der Waals surface area contributed by atoms with Gasteiger partial charge in [-0.3, -0.25) is 4.79 Å². The number of nitrogens with two attached hydrogens (primary N) is 1. The van der Waals surface area contributed by atoms with Crippen molar-refractivity contribution in [3.8, 4) is 0 Å². The summed E-state index contributed by atoms with van der Waals surface area (Å²) in [6.45, 7) is 2.24. The number of hydrogen-bond acceptors (Lipinski definition) is 4. The molecule has 1 amide bonds. The second-order valence-corrected chi connectivity index (χ2v) is 8.37. The van der Waals surface area contributed by atoms with Crippen LogP contribution in [0.3, 0.4) is 0 Å². The summed E-state index contributed by atoms with van der Waals surface area (Å²) in [6.07, 6.45) is 0.557. The lowest BCUT2D eigenvalue weighted by atomic mass is 10.1. The molecule has 0 unspecified atom stereocenters. The van der Waals surface area contributed by atoms with E-state index >= 15 is 0 Å². The molecule has 0 saturated carbocycles. The van der Waals surface area contributed by atoms with Crippen molar-refractivity contribution in [1.82, 2.24) is 5.32 Å². The number of benzene rings is 2. The van der Waals surface area contributed by atoms with Gasteiger partial charge in [-0.25, -0.2) is 13.6 Å². The van der Waals surface area contributed by atoms with Gasteiger partial charge >= 0.3 is 0 Å². The fourth-order valence-corrected chi connectivity index (χ4v) is 3.52. The standard InChI is InChI=1S/C18H17BrN2O4S/c1-11-15-7-4-13(19)10-16(15)25-17(11)18(22)21-9-8-12-2-5-14(6-3-12)26(20,23)24/h2-7,10H,8-9H2,1H3,(H,21,22)(H2,20,23,24). The summed E-state index contributed by atoms with van der Waals surface area (Å²) in [7, 11) is -3.70. The highest BCUT2D eigenvalue weighted by atomic mass is 79.9. The number of halogens is 1. The monoisotopic (exact) mass is 436 g/mol. The third-order valence-electron chi connectivity index (χ3n) is 4.06. The maximum atomic E-state index is 12.4. The zero-order chi connectivity index (χ0) is 18.9. The molecule has 0 aliphatic carbocycles. The topological polar surface area (TPSA) is 102 Å². The van der Waals surface area contributed by atoms with E-state index in [0.717, 1.165) is 21.0 Å². The van der Waals surface area contributed by atoms with Crippen molar-refractivity contribution in [2.24, 2.45) is 5.14 Å². The van der Waals surface area contributed by atoms with Crippen LogP contribution >= 0.6 is 15.9 Å². The second-order valence-electron chi connectivity index (χ2n) is 5.89. The van der Waals surface area contributed by atoms with E-state index in [0.29, 0.717) is 24.3 Å². The molecule has 2 aromatic carbocycles. The number of carbonyl (C=O) groups excluding carboxylic acids is 1. The molecule has 0 aliphatic heterocycles. The first-order chi connectivity index (χ1) is 12.3. The summed E-state index contributed by atoms with van der Waals surface area (Å²) >= 11 is 3.38. The van der Waals surface area contributed by atoms with Gasteiger partial charge in [-0.2, -0.15) is 0 Å². The Hall–Kier alpha value is -2.16. The number of sulfonamides is 1. The van der Waals surface area contributed by atoms with Crippen LogP contribution in [0, 0.1) is 6.92 Å². The molecule has 3 aromatic rings. The SMILES string of the molecule is Cc1c(C(=O)NCCc2ccc(S(N)(=O)=O)cc2)oc2cc(Br)ccc12. The third-order valence-corrected chi connectivity index (χ3v) is 5.48. The lowest BCUT2D eigenvalue weighted by Gasteiger charge is -2.05. The molecule has 3 N–H and O–H groups in total. The minimum Gasteiger partial charge on any atom is -0.451 e. The van der Waals surface area contributed by atoms with Gasteiger partial charge in [0.2, 0.25) is 10.0 Å². The number of hydrogen-bond donors (Lipinski definition) is 2. The number of furan rings is 1. The molecule has 26 heavy (non-hydrogen) atoms. The predicted molar refractivity (Wildman–Crippen MR) is 103 cm³/mol. The van der Waals surface area contributed by atoms with E-state index in [4.69, 9.17) is 9.56 Å². The first-order valence-corrected chi connectivity index (χ1v) is 10.2. The van der Waals surface area contributed by atoms with E-state index in [2.05, 4.69) is 21.2 Å². The molecule has 136 valence electrons. The van der Waals surface area contributed by atoms with E-state index in [9.17, 15) is 13.2 Å². The predicted octanol–water partition coefficient (Wildman–Crippen LogP) is 3.12. The minimum atomic E-state index is -3.70. The van der Waals surface area contributed by atoms with Gasteiger partial charge in [-0.15, -0.1) is 0 Å². The summed E-state index contributed by atoms with van der Waals surface area (Å²) in [5.74, 6) is 0.0126. The van der Waals surface area contributed by atoms with Gasteiger partial charge in [0.05, 0.1) is 4.90 Å². The van der Waals surface area contributed by atoms with E-state index in [1.165, 1.54) is 12.1 Å². The van der Waals surface area contributed by atoms with Crippen LogP contribution < -0.4 is 10.5 Å². The molecule has 3 rings (SSSR count). The summed E-state index contributed by atoms with van der Waals surface area (Å²) in [5.41, 5.74) is 2.34. The van der Waals surface area contributed by atoms with Crippen molar-refractivity contribution in [2.45, 2.75) is 18.2 Å². The first-order valence-electron chi connectivity index (χ1n) is 7.84. The van der Waals surface area contributed by atoms with E-state index in [1.54, 1.807) is 12.1 Å². The average Bonchev–Trinajstić information content (AvgIpc) is 2.90. The average molecular weight is 437 g/mol. The highest BCUT2D eigenvalue weighted by Gasteiger charge is 2.17. The summed E-state index contributed by atoms with van der Waals surface area (Å²) < 4.78 is 29.0. The van der Waals surface area contributed by atoms with Crippen LogP contribution in [0.1, 0.15) is 21.7 Å². The quantitative estimate of drug-likeness (QED) is 0.640. The van der Waals surface area contributed by atoms with Crippen molar-refractivity contribution in [1.29, 1.82) is 0 Å². The molecule has 0 aliphatic rings. The van der Waals surface area contributed by atoms with Crippen molar-refractivity contribution < 1.29 is 17.6 Å². The number of fused-ring (bicyclic) bond motifs is 1. The number of carbonyl (C=O) groups is 1. The van der Waals surface area contributed by atoms with Gasteiger partial charge in [0.15, 0.2) is 5.76 Å². The Morgan fingerprint density at radius 1 is 1.19 bits per heavy atom. The molecule has 6 nitrogen and oxygen atoms in total. The second kappa shape index (κ2) is 7.22. The molecule has 0 spiro atoms. The Morgan fingerprint density at radius 3 is 2.54 bits per heavy atom. The summed E-state index contributed by atoms with van der Waals surface area (Å²) in [6, 6.07) is 11.9. The van der Waals surface area contributed by atoms with Gasteiger partial charge in [-0.1, -0.05) is 28.1 Å². The molecule has 0 fully saturated rings. The van der Waals surface area contributed by atoms with Crippen LogP contribution in [0.25, 0.3) is 11.0 Å². The lowest BCUT2D eigenvalue weighted by Crippen LogP contribution is -2.25. The van der Waals surface area contributed by atoms with Gasteiger partial charge in [0.25, 0.3) is 5.91 Å². The van der Waals surface area contributed by atoms with Crippen LogP contribution in [-0.2, 0) is 16.4 Å². The Kier molecular flexibility index (Phi) is 5.17. The van der Waals surface area contributed by atoms with Crippen molar-refractivity contribution in [2.75, 3.05) is 6.54 Å². The Bertz CT molecular complexity index is 1070. The molecular formula is C18H17BrN2O4S. The molecule has 1 heterocycles. The van der Waals surface area contributed by atoms with Gasteiger partial charge in [-0.05, 0) is 49.2 Å². The Labute approximate surface area is 159 Å². The highest BCUT2D eigenvalue weighted by Crippen LogP contribution is 2.27. The molecule has 0 radical (unpaired) electrons. The van der Waals surface area contributed by atoms with Crippen LogP contribution in [-0.4, -0.2) is 20.9 Å². The maximum Gasteiger partial charge on any atom is 0.287 e. The zero-order valence-electron chi connectivity index (χ0n) is 14.0. The molecule has 0 atom stereocenters. The highest BCUT2D eigenvalue weighted by molar-refractivity contribution is 9.10. The van der Waals surface area contributed by atoms with Gasteiger partial charge in [0, 0.05) is 22.0 Å². The molecule has 0 saturated heterocycles. The number of primary sulfonamides is 1. The Balaban J connectivity index is 1.65. The smallest absolute Gasteiger partial charge is 0.287 e. The van der Waals surface area contributed by atoms with E-state index in [1.807, 2.05) is 25.1 Å².